The van der Waals surface area contributed by atoms with E-state index in [1.807, 2.05) is 0 Å². The predicted molar refractivity (Wildman–Crippen MR) is 154 cm³/mol. The molecule has 0 fully saturated rings. The van der Waals surface area contributed by atoms with E-state index in [0.29, 0.717) is 5.56 Å². The summed E-state index contributed by atoms with van der Waals surface area (Å²) < 4.78 is 26.4. The van der Waals surface area contributed by atoms with E-state index < -0.39 is 29.8 Å². The van der Waals surface area contributed by atoms with Crippen LogP contribution in [-0.2, 0) is 24.0 Å². The Morgan fingerprint density at radius 1 is 0.452 bits per heavy atom. The molecule has 0 bridgehead atoms. The number of rotatable bonds is 11. The monoisotopic (exact) mass is 574 g/mol. The molecule has 10 heteroatoms. The molecule has 2 aromatic rings. The van der Waals surface area contributed by atoms with Crippen molar-refractivity contribution in [3.63, 3.8) is 0 Å². The summed E-state index contributed by atoms with van der Waals surface area (Å²) in [7, 11) is 0. The van der Waals surface area contributed by atoms with Gasteiger partial charge in [0.1, 0.15) is 28.7 Å². The Balaban J connectivity index is 2.43. The lowest BCUT2D eigenvalue weighted by Gasteiger charge is -2.12. The number of esters is 5. The smallest absolute Gasteiger partial charge is 0.339 e. The Morgan fingerprint density at radius 2 is 0.690 bits per heavy atom. The fourth-order valence-corrected chi connectivity index (χ4v) is 2.79. The quantitative estimate of drug-likeness (QED) is 0.189. The summed E-state index contributed by atoms with van der Waals surface area (Å²) in [6.07, 6.45) is 1.39. The average molecular weight is 575 g/mol. The Kier molecular flexibility index (Phi) is 11.1. The van der Waals surface area contributed by atoms with Gasteiger partial charge in [0.05, 0.1) is 0 Å². The van der Waals surface area contributed by atoms with Crippen LogP contribution in [-0.4, -0.2) is 29.8 Å². The van der Waals surface area contributed by atoms with E-state index in [0.717, 1.165) is 0 Å². The Morgan fingerprint density at radius 3 is 0.952 bits per heavy atom. The summed E-state index contributed by atoms with van der Waals surface area (Å²) in [5, 5.41) is 0. The molecule has 2 rings (SSSR count). The van der Waals surface area contributed by atoms with Crippen molar-refractivity contribution in [3.05, 3.63) is 96.1 Å². The number of ether oxygens (including phenoxy) is 5. The summed E-state index contributed by atoms with van der Waals surface area (Å²) >= 11 is 0. The van der Waals surface area contributed by atoms with Gasteiger partial charge < -0.3 is 23.7 Å². The standard InChI is InChI=1S/C32H30O10/c1-17(2)28(33)38-23-11-22(12-24(13-23)39-29(34)18(3)4)10-21(9)32(37)42-27-15-25(40-30(35)19(5)6)14-26(16-27)41-31(36)20(7)8/h10-16H,1,3,5,7H2,2,4,6,8-9H3. The van der Waals surface area contributed by atoms with Crippen molar-refractivity contribution in [1.29, 1.82) is 0 Å². The third-order valence-electron chi connectivity index (χ3n) is 4.91. The van der Waals surface area contributed by atoms with Gasteiger partial charge in [-0.25, -0.2) is 24.0 Å². The first-order valence-corrected chi connectivity index (χ1v) is 12.3. The van der Waals surface area contributed by atoms with Gasteiger partial charge in [-0.15, -0.1) is 0 Å². The van der Waals surface area contributed by atoms with Gasteiger partial charge in [0.2, 0.25) is 0 Å². The molecule has 0 saturated carbocycles. The van der Waals surface area contributed by atoms with Crippen molar-refractivity contribution in [2.45, 2.75) is 34.6 Å². The maximum absolute atomic E-state index is 13.0. The minimum atomic E-state index is -0.833. The van der Waals surface area contributed by atoms with Gasteiger partial charge in [-0.2, -0.15) is 0 Å². The Bertz CT molecular complexity index is 1460. The molecule has 0 unspecified atom stereocenters. The number of hydrogen-bond donors (Lipinski definition) is 0. The zero-order chi connectivity index (χ0) is 31.7. The maximum Gasteiger partial charge on any atom is 0.339 e. The summed E-state index contributed by atoms with van der Waals surface area (Å²) in [6, 6.07) is 7.94. The van der Waals surface area contributed by atoms with E-state index >= 15 is 0 Å². The van der Waals surface area contributed by atoms with Crippen LogP contribution in [0.1, 0.15) is 40.2 Å². The van der Waals surface area contributed by atoms with Crippen LogP contribution in [0.3, 0.4) is 0 Å². The van der Waals surface area contributed by atoms with Gasteiger partial charge in [0, 0.05) is 52.1 Å². The summed E-state index contributed by atoms with van der Waals surface area (Å²) in [5.74, 6) is -3.95. The molecule has 0 atom stereocenters. The molecule has 10 nitrogen and oxygen atoms in total. The van der Waals surface area contributed by atoms with Crippen molar-refractivity contribution in [2.75, 3.05) is 0 Å². The van der Waals surface area contributed by atoms with Crippen LogP contribution in [0, 0.1) is 0 Å². The second-order valence-corrected chi connectivity index (χ2v) is 9.27. The molecule has 0 saturated heterocycles. The van der Waals surface area contributed by atoms with Crippen molar-refractivity contribution < 1.29 is 47.7 Å². The summed E-state index contributed by atoms with van der Waals surface area (Å²) in [6.45, 7) is 21.4. The zero-order valence-electron chi connectivity index (χ0n) is 24.0. The lowest BCUT2D eigenvalue weighted by Crippen LogP contribution is -2.12. The molecule has 0 heterocycles. The van der Waals surface area contributed by atoms with Crippen LogP contribution < -0.4 is 23.7 Å². The van der Waals surface area contributed by atoms with Crippen molar-refractivity contribution in [3.8, 4) is 28.7 Å². The molecular formula is C32H30O10. The molecule has 2 aromatic carbocycles. The van der Waals surface area contributed by atoms with Crippen LogP contribution >= 0.6 is 0 Å². The lowest BCUT2D eigenvalue weighted by atomic mass is 10.1. The minimum absolute atomic E-state index is 0.0263. The predicted octanol–water partition coefficient (Wildman–Crippen LogP) is 5.62. The van der Waals surface area contributed by atoms with E-state index in [4.69, 9.17) is 23.7 Å². The highest BCUT2D eigenvalue weighted by Crippen LogP contribution is 2.30. The third-order valence-corrected chi connectivity index (χ3v) is 4.91. The van der Waals surface area contributed by atoms with Gasteiger partial charge in [0.15, 0.2) is 0 Å². The third kappa shape index (κ3) is 9.91. The molecule has 0 amide bonds. The Labute approximate surface area is 243 Å². The van der Waals surface area contributed by atoms with E-state index in [-0.39, 0.29) is 56.6 Å². The fraction of sp³-hybridized carbons (Fsp3) is 0.156. The first-order chi connectivity index (χ1) is 19.5. The molecular weight excluding hydrogens is 544 g/mol. The van der Waals surface area contributed by atoms with E-state index in [2.05, 4.69) is 26.3 Å². The van der Waals surface area contributed by atoms with E-state index in [1.54, 1.807) is 0 Å². The first kappa shape index (κ1) is 32.7. The van der Waals surface area contributed by atoms with Gasteiger partial charge in [-0.1, -0.05) is 26.3 Å². The van der Waals surface area contributed by atoms with Crippen molar-refractivity contribution in [2.24, 2.45) is 0 Å². The second-order valence-electron chi connectivity index (χ2n) is 9.27. The first-order valence-electron chi connectivity index (χ1n) is 12.3. The topological polar surface area (TPSA) is 132 Å². The zero-order valence-corrected chi connectivity index (χ0v) is 24.0. The molecule has 42 heavy (non-hydrogen) atoms. The van der Waals surface area contributed by atoms with Crippen LogP contribution in [0.25, 0.3) is 6.08 Å². The van der Waals surface area contributed by atoms with E-state index in [9.17, 15) is 24.0 Å². The van der Waals surface area contributed by atoms with Gasteiger partial charge in [0.25, 0.3) is 0 Å². The molecule has 0 N–H and O–H groups in total. The van der Waals surface area contributed by atoms with Gasteiger partial charge in [-0.05, 0) is 58.4 Å². The highest BCUT2D eigenvalue weighted by molar-refractivity contribution is 5.95. The van der Waals surface area contributed by atoms with Crippen LogP contribution in [0.2, 0.25) is 0 Å². The SMILES string of the molecule is C=C(C)C(=O)Oc1cc(C=C(C)C(=O)Oc2cc(OC(=O)C(=C)C)cc(OC(=O)C(=C)C)c2)cc(OC(=O)C(=C)C)c1. The highest BCUT2D eigenvalue weighted by Gasteiger charge is 2.17. The Hall–Kier alpha value is -5.51. The molecule has 0 aliphatic heterocycles. The molecule has 0 spiro atoms. The summed E-state index contributed by atoms with van der Waals surface area (Å²) in [4.78, 5) is 61.1. The maximum atomic E-state index is 13.0. The molecule has 218 valence electrons. The van der Waals surface area contributed by atoms with Gasteiger partial charge in [-0.3, -0.25) is 0 Å². The number of benzene rings is 2. The van der Waals surface area contributed by atoms with Crippen molar-refractivity contribution in [1.82, 2.24) is 0 Å². The van der Waals surface area contributed by atoms with Crippen LogP contribution in [0.15, 0.2) is 90.6 Å². The molecule has 0 radical (unpaired) electrons. The normalized spacial score (nSPS) is 10.5. The highest BCUT2D eigenvalue weighted by atomic mass is 16.6. The molecule has 0 aliphatic rings. The summed E-state index contributed by atoms with van der Waals surface area (Å²) in [5.41, 5.74) is 0.894. The van der Waals surface area contributed by atoms with Crippen LogP contribution in [0.4, 0.5) is 0 Å². The van der Waals surface area contributed by atoms with E-state index in [1.165, 1.54) is 77.1 Å². The fourth-order valence-electron chi connectivity index (χ4n) is 2.79. The minimum Gasteiger partial charge on any atom is -0.423 e. The molecule has 0 aliphatic carbocycles. The number of hydrogen-bond acceptors (Lipinski definition) is 10. The molecule has 0 aromatic heterocycles. The average Bonchev–Trinajstić information content (AvgIpc) is 2.87. The van der Waals surface area contributed by atoms with Crippen LogP contribution in [0.5, 0.6) is 28.7 Å². The lowest BCUT2D eigenvalue weighted by molar-refractivity contribution is -0.131. The second kappa shape index (κ2) is 14.2. The van der Waals surface area contributed by atoms with Gasteiger partial charge >= 0.3 is 29.8 Å². The largest absolute Gasteiger partial charge is 0.423 e. The van der Waals surface area contributed by atoms with Crippen molar-refractivity contribution >= 4 is 35.9 Å². The number of carbonyl (C=O) groups excluding carboxylic acids is 5. The number of carbonyl (C=O) groups is 5.